The maximum Gasteiger partial charge on any atom is 0.389 e. The van der Waals surface area contributed by atoms with E-state index in [1.54, 1.807) is 6.07 Å². The first-order chi connectivity index (χ1) is 9.54. The zero-order valence-electron chi connectivity index (χ0n) is 11.0. The van der Waals surface area contributed by atoms with Crippen LogP contribution in [0.3, 0.4) is 0 Å². The number of ether oxygens (including phenoxy) is 1. The Labute approximate surface area is 115 Å². The Morgan fingerprint density at radius 2 is 2.30 bits per heavy atom. The number of aromatic nitrogens is 2. The maximum atomic E-state index is 10.5. The van der Waals surface area contributed by atoms with Gasteiger partial charge in [0.15, 0.2) is 0 Å². The van der Waals surface area contributed by atoms with Crippen LogP contribution in [0.2, 0.25) is 0 Å². The number of aryl methyl sites for hydroxylation is 1. The number of rotatable bonds is 6. The summed E-state index contributed by atoms with van der Waals surface area (Å²) >= 11 is 0. The van der Waals surface area contributed by atoms with Gasteiger partial charge in [-0.1, -0.05) is 12.1 Å². The minimum Gasteiger partial charge on any atom is -0.491 e. The van der Waals surface area contributed by atoms with Gasteiger partial charge in [0, 0.05) is 0 Å². The Morgan fingerprint density at radius 1 is 1.50 bits per heavy atom. The van der Waals surface area contributed by atoms with Crippen LogP contribution in [0.25, 0.3) is 0 Å². The third kappa shape index (κ3) is 3.79. The number of hydrogen-bond acceptors (Lipinski definition) is 5. The summed E-state index contributed by atoms with van der Waals surface area (Å²) in [5.41, 5.74) is 1.07. The van der Waals surface area contributed by atoms with Gasteiger partial charge in [0.25, 0.3) is 0 Å². The van der Waals surface area contributed by atoms with Crippen LogP contribution in [0.4, 0.5) is 5.82 Å². The van der Waals surface area contributed by atoms with Crippen molar-refractivity contribution in [2.24, 2.45) is 0 Å². The quantitative estimate of drug-likeness (QED) is 0.639. The second kappa shape index (κ2) is 6.16. The van der Waals surface area contributed by atoms with Crippen LogP contribution in [0, 0.1) is 17.0 Å². The van der Waals surface area contributed by atoms with Crippen molar-refractivity contribution in [3.63, 3.8) is 0 Å². The molecule has 0 amide bonds. The minimum atomic E-state index is -0.796. The number of hydrogen-bond donors (Lipinski definition) is 1. The molecule has 0 fully saturated rings. The molecule has 1 N–H and O–H groups in total. The van der Waals surface area contributed by atoms with E-state index in [1.165, 1.54) is 16.9 Å². The summed E-state index contributed by atoms with van der Waals surface area (Å²) in [5.74, 6) is 0.437. The number of aliphatic hydroxyl groups excluding tert-OH is 1. The van der Waals surface area contributed by atoms with Gasteiger partial charge < -0.3 is 20.0 Å². The summed E-state index contributed by atoms with van der Waals surface area (Å²) in [6.45, 7) is 2.18. The van der Waals surface area contributed by atoms with Crippen molar-refractivity contribution in [1.29, 1.82) is 0 Å². The van der Waals surface area contributed by atoms with Crippen LogP contribution < -0.4 is 4.74 Å². The van der Waals surface area contributed by atoms with Crippen LogP contribution in [0.15, 0.2) is 36.5 Å². The van der Waals surface area contributed by atoms with Gasteiger partial charge in [-0.3, -0.25) is 0 Å². The van der Waals surface area contributed by atoms with Crippen molar-refractivity contribution in [1.82, 2.24) is 9.78 Å². The lowest BCUT2D eigenvalue weighted by atomic mass is 10.2. The lowest BCUT2D eigenvalue weighted by Crippen LogP contribution is -2.23. The topological polar surface area (TPSA) is 90.4 Å². The summed E-state index contributed by atoms with van der Waals surface area (Å²) < 4.78 is 6.77. The average Bonchev–Trinajstić information content (AvgIpc) is 2.85. The van der Waals surface area contributed by atoms with Crippen molar-refractivity contribution in [3.05, 3.63) is 52.2 Å². The number of benzene rings is 1. The molecule has 20 heavy (non-hydrogen) atoms. The molecule has 1 unspecified atom stereocenters. The molecule has 0 bridgehead atoms. The van der Waals surface area contributed by atoms with Crippen molar-refractivity contribution in [3.8, 4) is 5.75 Å². The minimum absolute atomic E-state index is 0.0944. The summed E-state index contributed by atoms with van der Waals surface area (Å²) in [6, 6.07) is 8.78. The Kier molecular flexibility index (Phi) is 4.31. The van der Waals surface area contributed by atoms with Gasteiger partial charge in [0.2, 0.25) is 0 Å². The van der Waals surface area contributed by atoms with Crippen molar-refractivity contribution in [2.75, 3.05) is 6.61 Å². The third-order valence-corrected chi connectivity index (χ3v) is 2.64. The SMILES string of the molecule is Cc1cccc(OCC(O)Cn2ccc([N+](=O)[O-])n2)c1. The fraction of sp³-hybridized carbons (Fsp3) is 0.308. The predicted octanol–water partition coefficient (Wildman–Crippen LogP) is 1.54. The Hall–Kier alpha value is -2.41. The molecule has 2 aromatic rings. The molecule has 2 rings (SSSR count). The highest BCUT2D eigenvalue weighted by Crippen LogP contribution is 2.13. The van der Waals surface area contributed by atoms with Crippen molar-refractivity contribution < 1.29 is 14.8 Å². The maximum absolute atomic E-state index is 10.5. The van der Waals surface area contributed by atoms with E-state index >= 15 is 0 Å². The summed E-state index contributed by atoms with van der Waals surface area (Å²) in [4.78, 5) is 9.91. The van der Waals surface area contributed by atoms with Crippen LogP contribution in [-0.4, -0.2) is 32.5 Å². The van der Waals surface area contributed by atoms with E-state index < -0.39 is 11.0 Å². The second-order valence-electron chi connectivity index (χ2n) is 4.43. The van der Waals surface area contributed by atoms with Gasteiger partial charge in [-0.05, 0) is 29.5 Å². The lowest BCUT2D eigenvalue weighted by Gasteiger charge is -2.11. The van der Waals surface area contributed by atoms with Gasteiger partial charge in [0.1, 0.15) is 18.5 Å². The van der Waals surface area contributed by atoms with Gasteiger partial charge >= 0.3 is 5.82 Å². The normalized spacial score (nSPS) is 12.1. The average molecular weight is 277 g/mol. The third-order valence-electron chi connectivity index (χ3n) is 2.64. The molecule has 0 saturated carbocycles. The molecule has 0 aliphatic rings. The highest BCUT2D eigenvalue weighted by atomic mass is 16.6. The molecule has 0 spiro atoms. The monoisotopic (exact) mass is 277 g/mol. The van der Waals surface area contributed by atoms with Crippen LogP contribution in [0.1, 0.15) is 5.56 Å². The van der Waals surface area contributed by atoms with E-state index in [1.807, 2.05) is 25.1 Å². The van der Waals surface area contributed by atoms with Gasteiger partial charge in [-0.15, -0.1) is 0 Å². The van der Waals surface area contributed by atoms with Crippen LogP contribution in [0.5, 0.6) is 5.75 Å². The molecule has 0 aliphatic heterocycles. The molecule has 7 nitrogen and oxygen atoms in total. The first-order valence-electron chi connectivity index (χ1n) is 6.10. The Bertz CT molecular complexity index is 597. The molecule has 7 heteroatoms. The van der Waals surface area contributed by atoms with E-state index in [4.69, 9.17) is 4.74 Å². The van der Waals surface area contributed by atoms with Gasteiger partial charge in [-0.25, -0.2) is 0 Å². The molecule has 0 radical (unpaired) electrons. The van der Waals surface area contributed by atoms with E-state index in [9.17, 15) is 15.2 Å². The zero-order valence-corrected chi connectivity index (χ0v) is 11.0. The van der Waals surface area contributed by atoms with E-state index in [2.05, 4.69) is 5.10 Å². The molecule has 106 valence electrons. The van der Waals surface area contributed by atoms with Gasteiger partial charge in [-0.2, -0.15) is 4.68 Å². The highest BCUT2D eigenvalue weighted by molar-refractivity contribution is 5.27. The summed E-state index contributed by atoms with van der Waals surface area (Å²) in [6.07, 6.45) is 0.656. The number of nitro groups is 1. The fourth-order valence-electron chi connectivity index (χ4n) is 1.72. The van der Waals surface area contributed by atoms with Crippen molar-refractivity contribution >= 4 is 5.82 Å². The van der Waals surface area contributed by atoms with E-state index in [0.29, 0.717) is 5.75 Å². The Balaban J connectivity index is 1.85. The summed E-state index contributed by atoms with van der Waals surface area (Å²) in [5, 5.41) is 24.0. The fourth-order valence-corrected chi connectivity index (χ4v) is 1.72. The molecular weight excluding hydrogens is 262 g/mol. The second-order valence-corrected chi connectivity index (χ2v) is 4.43. The standard InChI is InChI=1S/C13H15N3O4/c1-10-3-2-4-12(7-10)20-9-11(17)8-15-6-5-13(14-15)16(18)19/h2-7,11,17H,8-9H2,1H3. The Morgan fingerprint density at radius 3 is 2.95 bits per heavy atom. The summed E-state index contributed by atoms with van der Waals surface area (Å²) in [7, 11) is 0. The first-order valence-corrected chi connectivity index (χ1v) is 6.10. The molecule has 0 aliphatic carbocycles. The van der Waals surface area contributed by atoms with Crippen molar-refractivity contribution in [2.45, 2.75) is 19.6 Å². The molecule has 1 heterocycles. The molecule has 1 atom stereocenters. The van der Waals surface area contributed by atoms with Gasteiger partial charge in [0.05, 0.1) is 23.9 Å². The molecule has 1 aromatic carbocycles. The smallest absolute Gasteiger partial charge is 0.389 e. The van der Waals surface area contributed by atoms with E-state index in [-0.39, 0.29) is 19.0 Å². The largest absolute Gasteiger partial charge is 0.491 e. The first kappa shape index (κ1) is 14.0. The lowest BCUT2D eigenvalue weighted by molar-refractivity contribution is -0.389. The highest BCUT2D eigenvalue weighted by Gasteiger charge is 2.14. The van der Waals surface area contributed by atoms with E-state index in [0.717, 1.165) is 5.56 Å². The molecule has 0 saturated heterocycles. The number of nitrogens with zero attached hydrogens (tertiary/aromatic N) is 3. The molecule has 1 aromatic heterocycles. The predicted molar refractivity (Wildman–Crippen MR) is 71.6 cm³/mol. The van der Waals surface area contributed by atoms with Crippen LogP contribution in [-0.2, 0) is 6.54 Å². The number of aliphatic hydroxyl groups is 1. The molecular formula is C13H15N3O4. The zero-order chi connectivity index (χ0) is 14.5. The van der Waals surface area contributed by atoms with Crippen LogP contribution >= 0.6 is 0 Å².